The number of rotatable bonds is 10. The Morgan fingerprint density at radius 2 is 1.13 bits per heavy atom. The van der Waals surface area contributed by atoms with Crippen LogP contribution in [0.5, 0.6) is 0 Å². The summed E-state index contributed by atoms with van der Waals surface area (Å²) in [6, 6.07) is 8.92. The van der Waals surface area contributed by atoms with Crippen LogP contribution < -0.4 is 0 Å². The summed E-state index contributed by atoms with van der Waals surface area (Å²) in [7, 11) is -11.9. The summed E-state index contributed by atoms with van der Waals surface area (Å²) < 4.78 is 79.0. The largest absolute Gasteiger partial charge is 0.323 e. The van der Waals surface area contributed by atoms with Crippen molar-refractivity contribution in [2.24, 2.45) is 0 Å². The van der Waals surface area contributed by atoms with Crippen molar-refractivity contribution < 1.29 is 38.8 Å². The molecule has 0 unspecified atom stereocenters. The van der Waals surface area contributed by atoms with E-state index in [1.807, 2.05) is 0 Å². The molecule has 0 aliphatic rings. The van der Waals surface area contributed by atoms with Crippen molar-refractivity contribution in [3.05, 3.63) is 57.6 Å². The van der Waals surface area contributed by atoms with E-state index in [9.17, 15) is 21.4 Å². The van der Waals surface area contributed by atoms with Crippen LogP contribution in [0, 0.1) is 13.8 Å². The van der Waals surface area contributed by atoms with E-state index in [4.69, 9.17) is 23.2 Å². The molecule has 0 atom stereocenters. The lowest BCUT2D eigenvalue weighted by atomic mass is 10.2. The molecule has 0 heterocycles. The third kappa shape index (κ3) is 6.49. The summed E-state index contributed by atoms with van der Waals surface area (Å²) in [4.78, 5) is -0.499. The molecule has 14 heteroatoms. The highest BCUT2D eigenvalue weighted by Crippen LogP contribution is 2.30. The van der Waals surface area contributed by atoms with Gasteiger partial charge in [0.25, 0.3) is 0 Å². The van der Waals surface area contributed by atoms with Gasteiger partial charge in [0.05, 0.1) is 10.0 Å². The highest BCUT2D eigenvalue weighted by Gasteiger charge is 2.23. The molecule has 0 amide bonds. The fourth-order valence-electron chi connectivity index (χ4n) is 2.30. The first-order valence-corrected chi connectivity index (χ1v) is 12.8. The van der Waals surface area contributed by atoms with Crippen LogP contribution in [-0.4, -0.2) is 30.4 Å². The predicted molar refractivity (Wildman–Crippen MR) is 110 cm³/mol. The van der Waals surface area contributed by atoms with Gasteiger partial charge in [0.15, 0.2) is 13.6 Å². The van der Waals surface area contributed by atoms with Crippen molar-refractivity contribution >= 4 is 51.7 Å². The van der Waals surface area contributed by atoms with Gasteiger partial charge >= 0.3 is 28.5 Å². The van der Waals surface area contributed by atoms with E-state index in [0.29, 0.717) is 11.1 Å². The second kappa shape index (κ2) is 10.5. The highest BCUT2D eigenvalue weighted by atomic mass is 35.5. The zero-order valence-electron chi connectivity index (χ0n) is 15.6. The maximum absolute atomic E-state index is 12.2. The van der Waals surface area contributed by atoms with Crippen molar-refractivity contribution in [3.63, 3.8) is 0 Å². The lowest BCUT2D eigenvalue weighted by Gasteiger charge is -2.11. The van der Waals surface area contributed by atoms with Gasteiger partial charge < -0.3 is 0 Å². The number of hydrogen-bond acceptors (Lipinski definition) is 9. The third-order valence-corrected chi connectivity index (χ3v) is 8.05. The van der Waals surface area contributed by atoms with Crippen LogP contribution in [-0.2, 0) is 42.2 Å². The van der Waals surface area contributed by atoms with E-state index >= 15 is 0 Å². The molecule has 166 valence electrons. The number of aryl methyl sites for hydroxylation is 2. The van der Waals surface area contributed by atoms with E-state index < -0.39 is 42.1 Å². The molecule has 9 nitrogen and oxygen atoms in total. The standard InChI is InChI=1S/C16H17Cl2O9PS2/c1-11-5-3-7-13(17)15(11)29(20,21)26-9-24-28(19)25-10-27-30(22,23)16-12(2)6-4-8-14(16)18/h3-8,28H,9-10H2,1-2H3. The second-order valence-electron chi connectivity index (χ2n) is 5.69. The molecular weight excluding hydrogens is 502 g/mol. The Kier molecular flexibility index (Phi) is 8.87. The molecule has 0 spiro atoms. The number of halogens is 2. The van der Waals surface area contributed by atoms with Gasteiger partial charge in [-0.3, -0.25) is 13.6 Å². The van der Waals surface area contributed by atoms with Gasteiger partial charge in [-0.25, -0.2) is 8.37 Å². The predicted octanol–water partition coefficient (Wildman–Crippen LogP) is 4.06. The average molecular weight is 519 g/mol. The van der Waals surface area contributed by atoms with E-state index in [1.54, 1.807) is 12.1 Å². The molecular formula is C16H17Cl2O9PS2. The van der Waals surface area contributed by atoms with E-state index in [2.05, 4.69) is 17.4 Å². The molecule has 0 radical (unpaired) electrons. The first-order valence-electron chi connectivity index (χ1n) is 8.04. The minimum absolute atomic E-state index is 0.0487. The Morgan fingerprint density at radius 3 is 1.47 bits per heavy atom. The van der Waals surface area contributed by atoms with Crippen molar-refractivity contribution in [1.29, 1.82) is 0 Å². The van der Waals surface area contributed by atoms with Crippen LogP contribution in [0.15, 0.2) is 46.2 Å². The van der Waals surface area contributed by atoms with Crippen LogP contribution in [0.3, 0.4) is 0 Å². The van der Waals surface area contributed by atoms with E-state index in [0.717, 1.165) is 0 Å². The quantitative estimate of drug-likeness (QED) is 0.260. The first kappa shape index (κ1) is 25.3. The SMILES string of the molecule is Cc1cccc(Cl)c1S(=O)(=O)OCO[PH](=O)OCOS(=O)(=O)c1c(C)cccc1Cl. The molecule has 30 heavy (non-hydrogen) atoms. The van der Waals surface area contributed by atoms with Crippen LogP contribution >= 0.6 is 31.5 Å². The summed E-state index contributed by atoms with van der Waals surface area (Å²) >= 11 is 11.8. The summed E-state index contributed by atoms with van der Waals surface area (Å²) in [6.07, 6.45) is 0. The molecule has 0 bridgehead atoms. The second-order valence-corrected chi connectivity index (χ2v) is 10.7. The van der Waals surface area contributed by atoms with Crippen LogP contribution in [0.25, 0.3) is 0 Å². The molecule has 0 aromatic heterocycles. The molecule has 2 aromatic rings. The minimum Gasteiger partial charge on any atom is -0.282 e. The van der Waals surface area contributed by atoms with Crippen LogP contribution in [0.2, 0.25) is 10.0 Å². The number of hydrogen-bond donors (Lipinski definition) is 0. The Balaban J connectivity index is 1.87. The van der Waals surface area contributed by atoms with Gasteiger partial charge in [-0.05, 0) is 37.1 Å². The Morgan fingerprint density at radius 1 is 0.767 bits per heavy atom. The lowest BCUT2D eigenvalue weighted by Crippen LogP contribution is -2.11. The Hall–Kier alpha value is -1.01. The molecule has 0 fully saturated rings. The summed E-state index contributed by atoms with van der Waals surface area (Å²) in [6.45, 7) is 1.16. The molecule has 0 aliphatic heterocycles. The maximum atomic E-state index is 12.2. The topological polar surface area (TPSA) is 122 Å². The fraction of sp³-hybridized carbons (Fsp3) is 0.250. The number of benzene rings is 2. The molecule has 2 rings (SSSR count). The summed E-state index contributed by atoms with van der Waals surface area (Å²) in [5.74, 6) is 0. The zero-order chi connectivity index (χ0) is 22.5. The average Bonchev–Trinajstić information content (AvgIpc) is 2.60. The van der Waals surface area contributed by atoms with E-state index in [-0.39, 0.29) is 19.8 Å². The van der Waals surface area contributed by atoms with Gasteiger partial charge in [-0.1, -0.05) is 47.5 Å². The Labute approximate surface area is 185 Å². The molecule has 0 saturated heterocycles. The zero-order valence-corrected chi connectivity index (χ0v) is 19.8. The smallest absolute Gasteiger partial charge is 0.282 e. The maximum Gasteiger partial charge on any atom is 0.323 e. The summed E-state index contributed by atoms with van der Waals surface area (Å²) in [5, 5.41) is -0.0975. The highest BCUT2D eigenvalue weighted by molar-refractivity contribution is 7.87. The molecule has 2 aromatic carbocycles. The monoisotopic (exact) mass is 518 g/mol. The minimum atomic E-state index is -4.28. The van der Waals surface area contributed by atoms with Crippen molar-refractivity contribution in [3.8, 4) is 0 Å². The van der Waals surface area contributed by atoms with E-state index in [1.165, 1.54) is 38.1 Å². The third-order valence-electron chi connectivity index (χ3n) is 3.59. The molecule has 0 aliphatic carbocycles. The summed E-state index contributed by atoms with van der Waals surface area (Å²) in [5.41, 5.74) is 0.694. The first-order chi connectivity index (χ1) is 14.0. The molecule has 0 saturated carbocycles. The van der Waals surface area contributed by atoms with Crippen molar-refractivity contribution in [2.75, 3.05) is 13.6 Å². The molecule has 0 N–H and O–H groups in total. The normalized spacial score (nSPS) is 12.4. The van der Waals surface area contributed by atoms with Crippen molar-refractivity contribution in [1.82, 2.24) is 0 Å². The van der Waals surface area contributed by atoms with Gasteiger partial charge in [-0.15, -0.1) is 0 Å². The van der Waals surface area contributed by atoms with Crippen LogP contribution in [0.1, 0.15) is 11.1 Å². The van der Waals surface area contributed by atoms with Gasteiger partial charge in [0.1, 0.15) is 9.79 Å². The fourth-order valence-corrected chi connectivity index (χ4v) is 6.00. The van der Waals surface area contributed by atoms with Gasteiger partial charge in [-0.2, -0.15) is 16.8 Å². The van der Waals surface area contributed by atoms with Crippen LogP contribution in [0.4, 0.5) is 0 Å². The Bertz CT molecular complexity index is 1020. The van der Waals surface area contributed by atoms with Gasteiger partial charge in [0, 0.05) is 0 Å². The van der Waals surface area contributed by atoms with Gasteiger partial charge in [0.2, 0.25) is 0 Å². The lowest BCUT2D eigenvalue weighted by molar-refractivity contribution is 0.0754. The van der Waals surface area contributed by atoms with Crippen molar-refractivity contribution in [2.45, 2.75) is 23.6 Å².